The highest BCUT2D eigenvalue weighted by Gasteiger charge is 2.49. The van der Waals surface area contributed by atoms with Crippen molar-refractivity contribution in [2.45, 2.75) is 31.5 Å². The molecule has 136 valence electrons. The van der Waals surface area contributed by atoms with Crippen molar-refractivity contribution in [3.05, 3.63) is 23.9 Å². The van der Waals surface area contributed by atoms with Crippen molar-refractivity contribution in [3.8, 4) is 5.88 Å². The van der Waals surface area contributed by atoms with Crippen LogP contribution in [0.15, 0.2) is 18.3 Å². The molecule has 1 aromatic heterocycles. The Labute approximate surface area is 141 Å². The maximum absolute atomic E-state index is 12.6. The number of likely N-dealkylation sites (tertiary alicyclic amines) is 1. The summed E-state index contributed by atoms with van der Waals surface area (Å²) in [6.45, 7) is -1.09. The van der Waals surface area contributed by atoms with Gasteiger partial charge in [0.1, 0.15) is 6.04 Å². The Morgan fingerprint density at radius 3 is 2.68 bits per heavy atom. The maximum Gasteiger partial charge on any atom is 0.422 e. The number of hydrogen-bond acceptors (Lipinski definition) is 4. The van der Waals surface area contributed by atoms with Crippen LogP contribution in [0.25, 0.3) is 0 Å². The minimum atomic E-state index is -4.47. The van der Waals surface area contributed by atoms with Crippen LogP contribution < -0.4 is 4.74 Å². The summed E-state index contributed by atoms with van der Waals surface area (Å²) in [5, 5.41) is 9.48. The number of carbonyl (C=O) groups excluding carboxylic acids is 1. The number of carboxylic acids is 1. The third-order valence-corrected chi connectivity index (χ3v) is 4.77. The molecule has 0 bridgehead atoms. The van der Waals surface area contributed by atoms with E-state index in [9.17, 15) is 27.9 Å². The predicted octanol–water partition coefficient (Wildman–Crippen LogP) is 2.35. The number of pyridine rings is 1. The highest BCUT2D eigenvalue weighted by molar-refractivity contribution is 5.97. The monoisotopic (exact) mass is 358 g/mol. The minimum absolute atomic E-state index is 0.0381. The molecule has 3 rings (SSSR count). The van der Waals surface area contributed by atoms with Crippen LogP contribution in [-0.4, -0.2) is 52.2 Å². The number of aliphatic carboxylic acids is 1. The molecule has 1 saturated carbocycles. The second-order valence-corrected chi connectivity index (χ2v) is 6.38. The molecule has 9 heteroatoms. The van der Waals surface area contributed by atoms with Gasteiger partial charge >= 0.3 is 12.1 Å². The van der Waals surface area contributed by atoms with Crippen LogP contribution in [0.3, 0.4) is 0 Å². The first kappa shape index (κ1) is 17.5. The lowest BCUT2D eigenvalue weighted by Crippen LogP contribution is -2.43. The number of nitrogens with zero attached hydrogens (tertiary/aromatic N) is 2. The lowest BCUT2D eigenvalue weighted by molar-refractivity contribution is -0.154. The topological polar surface area (TPSA) is 79.7 Å². The van der Waals surface area contributed by atoms with Gasteiger partial charge in [-0.15, -0.1) is 0 Å². The molecule has 1 aliphatic carbocycles. The first-order chi connectivity index (χ1) is 11.8. The molecule has 0 radical (unpaired) electrons. The molecule has 2 aliphatic rings. The number of carbonyl (C=O) groups is 2. The molecule has 1 saturated heterocycles. The zero-order chi connectivity index (χ0) is 18.2. The van der Waals surface area contributed by atoms with Gasteiger partial charge in [0, 0.05) is 18.8 Å². The van der Waals surface area contributed by atoms with Crippen LogP contribution in [0.4, 0.5) is 13.2 Å². The Hall–Kier alpha value is -2.32. The first-order valence-corrected chi connectivity index (χ1v) is 7.95. The maximum atomic E-state index is 12.6. The highest BCUT2D eigenvalue weighted by atomic mass is 19.4. The Morgan fingerprint density at radius 2 is 2.08 bits per heavy atom. The molecule has 1 amide bonds. The zero-order valence-corrected chi connectivity index (χ0v) is 13.2. The lowest BCUT2D eigenvalue weighted by atomic mass is 9.94. The molecule has 3 unspecified atom stereocenters. The summed E-state index contributed by atoms with van der Waals surface area (Å²) < 4.78 is 40.8. The number of carboxylic acid groups (broad SMARTS) is 1. The van der Waals surface area contributed by atoms with Gasteiger partial charge in [-0.25, -0.2) is 9.78 Å². The number of alkyl halides is 3. The van der Waals surface area contributed by atoms with Gasteiger partial charge in [0.05, 0.1) is 5.56 Å². The van der Waals surface area contributed by atoms with E-state index in [4.69, 9.17) is 0 Å². The van der Waals surface area contributed by atoms with Crippen molar-refractivity contribution in [1.82, 2.24) is 9.88 Å². The van der Waals surface area contributed by atoms with E-state index in [0.29, 0.717) is 6.54 Å². The Kier molecular flexibility index (Phi) is 4.57. The van der Waals surface area contributed by atoms with Crippen LogP contribution in [-0.2, 0) is 4.79 Å². The summed E-state index contributed by atoms with van der Waals surface area (Å²) >= 11 is 0. The Morgan fingerprint density at radius 1 is 1.32 bits per heavy atom. The average Bonchev–Trinajstić information content (AvgIpc) is 3.12. The van der Waals surface area contributed by atoms with E-state index in [0.717, 1.165) is 25.5 Å². The fourth-order valence-electron chi connectivity index (χ4n) is 3.74. The molecule has 25 heavy (non-hydrogen) atoms. The summed E-state index contributed by atoms with van der Waals surface area (Å²) in [6.07, 6.45) is -0.707. The molecular formula is C16H17F3N2O4. The highest BCUT2D eigenvalue weighted by Crippen LogP contribution is 2.42. The largest absolute Gasteiger partial charge is 0.480 e. The van der Waals surface area contributed by atoms with Gasteiger partial charge in [-0.2, -0.15) is 13.2 Å². The number of aromatic nitrogens is 1. The van der Waals surface area contributed by atoms with E-state index in [1.165, 1.54) is 17.0 Å². The molecule has 2 fully saturated rings. The van der Waals surface area contributed by atoms with Crippen LogP contribution in [0.5, 0.6) is 5.88 Å². The van der Waals surface area contributed by atoms with E-state index in [-0.39, 0.29) is 23.3 Å². The van der Waals surface area contributed by atoms with Crippen molar-refractivity contribution < 1.29 is 32.6 Å². The third-order valence-electron chi connectivity index (χ3n) is 4.77. The summed E-state index contributed by atoms with van der Waals surface area (Å²) in [7, 11) is 0. The normalized spacial score (nSPS) is 25.7. The van der Waals surface area contributed by atoms with Crippen molar-refractivity contribution >= 4 is 11.9 Å². The predicted molar refractivity (Wildman–Crippen MR) is 79.1 cm³/mol. The molecule has 1 aliphatic heterocycles. The van der Waals surface area contributed by atoms with Crippen LogP contribution >= 0.6 is 0 Å². The van der Waals surface area contributed by atoms with Crippen molar-refractivity contribution in [1.29, 1.82) is 0 Å². The van der Waals surface area contributed by atoms with Gasteiger partial charge in [-0.1, -0.05) is 6.42 Å². The fraction of sp³-hybridized carbons (Fsp3) is 0.562. The van der Waals surface area contributed by atoms with Gasteiger partial charge < -0.3 is 14.7 Å². The smallest absolute Gasteiger partial charge is 0.422 e. The Balaban J connectivity index is 1.71. The van der Waals surface area contributed by atoms with Crippen molar-refractivity contribution in [2.75, 3.05) is 13.2 Å². The summed E-state index contributed by atoms with van der Waals surface area (Å²) in [6, 6.07) is 1.61. The van der Waals surface area contributed by atoms with E-state index in [1.807, 2.05) is 0 Å². The van der Waals surface area contributed by atoms with E-state index >= 15 is 0 Å². The Bertz CT molecular complexity index is 662. The van der Waals surface area contributed by atoms with Crippen molar-refractivity contribution in [3.63, 3.8) is 0 Å². The van der Waals surface area contributed by atoms with Gasteiger partial charge in [0.2, 0.25) is 5.88 Å². The van der Waals surface area contributed by atoms with E-state index in [1.54, 1.807) is 0 Å². The van der Waals surface area contributed by atoms with E-state index < -0.39 is 30.7 Å². The van der Waals surface area contributed by atoms with Crippen molar-refractivity contribution in [2.24, 2.45) is 11.8 Å². The quantitative estimate of drug-likeness (QED) is 0.894. The number of fused-ring (bicyclic) bond motifs is 1. The molecule has 3 atom stereocenters. The standard InChI is InChI=1S/C16H17F3N2O4/c17-16(18,19)8-25-12-5-4-9(6-20-12)14(22)21-7-10-2-1-3-11(10)13(21)15(23)24/h4-6,10-11,13H,1-3,7-8H2,(H,23,24). The summed E-state index contributed by atoms with van der Waals surface area (Å²) in [5.74, 6) is -1.60. The molecule has 1 N–H and O–H groups in total. The second kappa shape index (κ2) is 6.53. The van der Waals surface area contributed by atoms with E-state index in [2.05, 4.69) is 9.72 Å². The second-order valence-electron chi connectivity index (χ2n) is 6.38. The fourth-order valence-corrected chi connectivity index (χ4v) is 3.74. The number of rotatable bonds is 4. The number of hydrogen-bond donors (Lipinski definition) is 1. The molecule has 1 aromatic rings. The SMILES string of the molecule is O=C(O)C1C2CCCC2CN1C(=O)c1ccc(OCC(F)(F)F)nc1. The van der Waals surface area contributed by atoms with Gasteiger partial charge in [0.25, 0.3) is 5.91 Å². The number of halogens is 3. The third kappa shape index (κ3) is 3.69. The molecule has 0 aromatic carbocycles. The van der Waals surface area contributed by atoms with Crippen LogP contribution in [0, 0.1) is 11.8 Å². The molecular weight excluding hydrogens is 341 g/mol. The molecule has 6 nitrogen and oxygen atoms in total. The zero-order valence-electron chi connectivity index (χ0n) is 13.2. The summed E-state index contributed by atoms with van der Waals surface area (Å²) in [5.41, 5.74) is 0.130. The summed E-state index contributed by atoms with van der Waals surface area (Å²) in [4.78, 5) is 29.2. The minimum Gasteiger partial charge on any atom is -0.480 e. The van der Waals surface area contributed by atoms with Gasteiger partial charge in [-0.05, 0) is 30.7 Å². The number of amides is 1. The molecule has 2 heterocycles. The molecule has 0 spiro atoms. The van der Waals surface area contributed by atoms with Gasteiger partial charge in [0.15, 0.2) is 6.61 Å². The lowest BCUT2D eigenvalue weighted by Gasteiger charge is -2.24. The van der Waals surface area contributed by atoms with Crippen LogP contribution in [0.1, 0.15) is 29.6 Å². The van der Waals surface area contributed by atoms with Gasteiger partial charge in [-0.3, -0.25) is 4.79 Å². The number of ether oxygens (including phenoxy) is 1. The first-order valence-electron chi connectivity index (χ1n) is 7.95. The average molecular weight is 358 g/mol. The van der Waals surface area contributed by atoms with Crippen LogP contribution in [0.2, 0.25) is 0 Å².